The Bertz CT molecular complexity index is 403. The summed E-state index contributed by atoms with van der Waals surface area (Å²) >= 11 is 0. The molecule has 2 N–H and O–H groups in total. The van der Waals surface area contributed by atoms with Crippen molar-refractivity contribution in [1.82, 2.24) is 15.6 Å². The standard InChI is InChI=1S/C18H32N4/c1-4-6-7-8-11-16(3)22-18(19-5-2)21-15-13-17-12-9-10-14-20-17/h9-10,12,14,16H,4-8,11,13,15H2,1-3H3,(H2,19,21,22). The van der Waals surface area contributed by atoms with Crippen LogP contribution >= 0.6 is 0 Å². The topological polar surface area (TPSA) is 49.3 Å². The second-order valence-electron chi connectivity index (χ2n) is 5.73. The van der Waals surface area contributed by atoms with Crippen molar-refractivity contribution in [3.05, 3.63) is 30.1 Å². The summed E-state index contributed by atoms with van der Waals surface area (Å²) < 4.78 is 0. The van der Waals surface area contributed by atoms with Gasteiger partial charge in [-0.3, -0.25) is 9.98 Å². The van der Waals surface area contributed by atoms with Crippen LogP contribution in [-0.2, 0) is 6.42 Å². The third kappa shape index (κ3) is 8.65. The van der Waals surface area contributed by atoms with Gasteiger partial charge >= 0.3 is 0 Å². The van der Waals surface area contributed by atoms with Gasteiger partial charge in [-0.2, -0.15) is 0 Å². The highest BCUT2D eigenvalue weighted by Crippen LogP contribution is 2.05. The predicted octanol–water partition coefficient (Wildman–Crippen LogP) is 3.54. The normalized spacial score (nSPS) is 13.0. The molecule has 124 valence electrons. The number of nitrogens with zero attached hydrogens (tertiary/aromatic N) is 2. The van der Waals surface area contributed by atoms with E-state index >= 15 is 0 Å². The molecule has 0 saturated heterocycles. The lowest BCUT2D eigenvalue weighted by molar-refractivity contribution is 0.537. The maximum Gasteiger partial charge on any atom is 0.191 e. The lowest BCUT2D eigenvalue weighted by Gasteiger charge is -2.17. The van der Waals surface area contributed by atoms with E-state index in [9.17, 15) is 0 Å². The van der Waals surface area contributed by atoms with Crippen molar-refractivity contribution in [2.75, 3.05) is 13.1 Å². The first-order chi connectivity index (χ1) is 10.8. The fourth-order valence-corrected chi connectivity index (χ4v) is 2.33. The molecular formula is C18H32N4. The van der Waals surface area contributed by atoms with E-state index in [0.29, 0.717) is 6.04 Å². The minimum absolute atomic E-state index is 0.463. The number of pyridine rings is 1. The zero-order chi connectivity index (χ0) is 16.0. The van der Waals surface area contributed by atoms with Crippen LogP contribution in [0.3, 0.4) is 0 Å². The molecule has 0 aromatic carbocycles. The van der Waals surface area contributed by atoms with E-state index in [1.165, 1.54) is 32.1 Å². The highest BCUT2D eigenvalue weighted by Gasteiger charge is 2.04. The molecular weight excluding hydrogens is 272 g/mol. The maximum atomic E-state index is 4.65. The predicted molar refractivity (Wildman–Crippen MR) is 95.3 cm³/mol. The Hall–Kier alpha value is -1.58. The van der Waals surface area contributed by atoms with Crippen LogP contribution in [0.4, 0.5) is 0 Å². The van der Waals surface area contributed by atoms with E-state index in [-0.39, 0.29) is 0 Å². The van der Waals surface area contributed by atoms with E-state index in [1.807, 2.05) is 24.4 Å². The summed E-state index contributed by atoms with van der Waals surface area (Å²) in [6, 6.07) is 6.48. The van der Waals surface area contributed by atoms with Crippen LogP contribution in [0.5, 0.6) is 0 Å². The molecule has 1 aromatic heterocycles. The molecule has 0 saturated carbocycles. The summed E-state index contributed by atoms with van der Waals surface area (Å²) in [4.78, 5) is 8.98. The molecule has 1 unspecified atom stereocenters. The summed E-state index contributed by atoms with van der Waals surface area (Å²) in [5.41, 5.74) is 1.09. The SMILES string of the molecule is CCCCCCC(C)NC(=NCCc1ccccn1)NCC. The maximum absolute atomic E-state index is 4.65. The summed E-state index contributed by atoms with van der Waals surface area (Å²) in [7, 11) is 0. The van der Waals surface area contributed by atoms with Crippen LogP contribution in [0.25, 0.3) is 0 Å². The van der Waals surface area contributed by atoms with Crippen molar-refractivity contribution in [3.8, 4) is 0 Å². The first-order valence-electron chi connectivity index (χ1n) is 8.71. The summed E-state index contributed by atoms with van der Waals surface area (Å²) in [6.07, 6.45) is 9.16. The van der Waals surface area contributed by atoms with E-state index in [1.54, 1.807) is 0 Å². The van der Waals surface area contributed by atoms with Crippen molar-refractivity contribution in [2.24, 2.45) is 4.99 Å². The Labute approximate surface area is 135 Å². The minimum atomic E-state index is 0.463. The number of rotatable bonds is 10. The molecule has 22 heavy (non-hydrogen) atoms. The third-order valence-corrected chi connectivity index (χ3v) is 3.58. The molecule has 1 rings (SSSR count). The van der Waals surface area contributed by atoms with Crippen LogP contribution in [0.2, 0.25) is 0 Å². The second-order valence-corrected chi connectivity index (χ2v) is 5.73. The molecule has 1 aromatic rings. The van der Waals surface area contributed by atoms with Crippen LogP contribution in [0, 0.1) is 0 Å². The van der Waals surface area contributed by atoms with Crippen molar-refractivity contribution in [2.45, 2.75) is 65.3 Å². The number of nitrogens with one attached hydrogen (secondary N) is 2. The van der Waals surface area contributed by atoms with Gasteiger partial charge in [0.15, 0.2) is 5.96 Å². The van der Waals surface area contributed by atoms with Crippen molar-refractivity contribution < 1.29 is 0 Å². The molecule has 0 radical (unpaired) electrons. The first-order valence-corrected chi connectivity index (χ1v) is 8.71. The van der Waals surface area contributed by atoms with Gasteiger partial charge in [-0.1, -0.05) is 38.7 Å². The van der Waals surface area contributed by atoms with Gasteiger partial charge in [-0.15, -0.1) is 0 Å². The quantitative estimate of drug-likeness (QED) is 0.395. The van der Waals surface area contributed by atoms with Gasteiger partial charge in [0, 0.05) is 37.4 Å². The Morgan fingerprint density at radius 3 is 2.77 bits per heavy atom. The van der Waals surface area contributed by atoms with Crippen LogP contribution in [0.15, 0.2) is 29.4 Å². The van der Waals surface area contributed by atoms with Gasteiger partial charge in [-0.25, -0.2) is 0 Å². The number of aliphatic imine (C=N–C) groups is 1. The summed E-state index contributed by atoms with van der Waals surface area (Å²) in [5, 5.41) is 6.82. The molecule has 4 nitrogen and oxygen atoms in total. The number of guanidine groups is 1. The average molecular weight is 304 g/mol. The highest BCUT2D eigenvalue weighted by molar-refractivity contribution is 5.80. The largest absolute Gasteiger partial charge is 0.357 e. The Balaban J connectivity index is 2.34. The fraction of sp³-hybridized carbons (Fsp3) is 0.667. The van der Waals surface area contributed by atoms with Gasteiger partial charge in [0.2, 0.25) is 0 Å². The van der Waals surface area contributed by atoms with E-state index < -0.39 is 0 Å². The molecule has 0 spiro atoms. The smallest absolute Gasteiger partial charge is 0.191 e. The Kier molecular flexibility index (Phi) is 10.1. The van der Waals surface area contributed by atoms with Gasteiger partial charge in [-0.05, 0) is 32.4 Å². The van der Waals surface area contributed by atoms with Crippen LogP contribution in [0.1, 0.15) is 58.6 Å². The number of aromatic nitrogens is 1. The molecule has 1 heterocycles. The minimum Gasteiger partial charge on any atom is -0.357 e. The monoisotopic (exact) mass is 304 g/mol. The van der Waals surface area contributed by atoms with Crippen LogP contribution in [-0.4, -0.2) is 30.1 Å². The molecule has 0 bridgehead atoms. The van der Waals surface area contributed by atoms with E-state index in [4.69, 9.17) is 0 Å². The Morgan fingerprint density at radius 2 is 2.09 bits per heavy atom. The lowest BCUT2D eigenvalue weighted by atomic mass is 10.1. The van der Waals surface area contributed by atoms with Crippen molar-refractivity contribution in [1.29, 1.82) is 0 Å². The number of unbranched alkanes of at least 4 members (excludes halogenated alkanes) is 3. The second kappa shape index (κ2) is 12.0. The molecule has 4 heteroatoms. The Morgan fingerprint density at radius 1 is 1.23 bits per heavy atom. The fourth-order valence-electron chi connectivity index (χ4n) is 2.33. The first kappa shape index (κ1) is 18.5. The van der Waals surface area contributed by atoms with Gasteiger partial charge < -0.3 is 10.6 Å². The zero-order valence-electron chi connectivity index (χ0n) is 14.4. The van der Waals surface area contributed by atoms with E-state index in [2.05, 4.69) is 41.4 Å². The number of hydrogen-bond acceptors (Lipinski definition) is 2. The molecule has 1 atom stereocenters. The van der Waals surface area contributed by atoms with Crippen LogP contribution < -0.4 is 10.6 Å². The number of hydrogen-bond donors (Lipinski definition) is 2. The third-order valence-electron chi connectivity index (χ3n) is 3.58. The summed E-state index contributed by atoms with van der Waals surface area (Å²) in [5.74, 6) is 0.918. The molecule has 0 aliphatic heterocycles. The summed E-state index contributed by atoms with van der Waals surface area (Å²) in [6.45, 7) is 8.23. The van der Waals surface area contributed by atoms with Gasteiger partial charge in [0.25, 0.3) is 0 Å². The molecule has 0 fully saturated rings. The molecule has 0 amide bonds. The van der Waals surface area contributed by atoms with Gasteiger partial charge in [0.1, 0.15) is 0 Å². The lowest BCUT2D eigenvalue weighted by Crippen LogP contribution is -2.42. The van der Waals surface area contributed by atoms with Gasteiger partial charge in [0.05, 0.1) is 0 Å². The highest BCUT2D eigenvalue weighted by atomic mass is 15.2. The average Bonchev–Trinajstić information content (AvgIpc) is 2.53. The molecule has 0 aliphatic carbocycles. The van der Waals surface area contributed by atoms with Crippen molar-refractivity contribution >= 4 is 5.96 Å². The zero-order valence-corrected chi connectivity index (χ0v) is 14.4. The van der Waals surface area contributed by atoms with E-state index in [0.717, 1.165) is 31.2 Å². The van der Waals surface area contributed by atoms with Crippen molar-refractivity contribution in [3.63, 3.8) is 0 Å². The molecule has 0 aliphatic rings.